The van der Waals surface area contributed by atoms with Gasteiger partial charge in [0.1, 0.15) is 5.82 Å². The SMILES string of the molecule is CCCc1nnc2n1CCN(C(=O)C[C@H](N)Cc1ccc(F)c(F)c1)C2. The Balaban J connectivity index is 1.56. The van der Waals surface area contributed by atoms with Crippen LogP contribution in [0.3, 0.4) is 0 Å². The fourth-order valence-electron chi connectivity index (χ4n) is 3.23. The number of fused-ring (bicyclic) bond motifs is 1. The van der Waals surface area contributed by atoms with Crippen molar-refractivity contribution in [3.8, 4) is 0 Å². The maximum absolute atomic E-state index is 13.3. The summed E-state index contributed by atoms with van der Waals surface area (Å²) in [7, 11) is 0. The minimum atomic E-state index is -0.903. The van der Waals surface area contributed by atoms with Gasteiger partial charge in [0.05, 0.1) is 6.54 Å². The van der Waals surface area contributed by atoms with Gasteiger partial charge in [-0.05, 0) is 30.5 Å². The summed E-state index contributed by atoms with van der Waals surface area (Å²) in [5.41, 5.74) is 6.62. The number of hydrogen-bond acceptors (Lipinski definition) is 4. The van der Waals surface area contributed by atoms with Gasteiger partial charge in [-0.3, -0.25) is 4.79 Å². The van der Waals surface area contributed by atoms with E-state index in [0.717, 1.165) is 36.6 Å². The van der Waals surface area contributed by atoms with Gasteiger partial charge in [0.2, 0.25) is 5.91 Å². The normalized spacial score (nSPS) is 15.0. The van der Waals surface area contributed by atoms with Crippen LogP contribution >= 0.6 is 0 Å². The van der Waals surface area contributed by atoms with Crippen molar-refractivity contribution in [3.63, 3.8) is 0 Å². The molecule has 0 saturated heterocycles. The molecule has 0 radical (unpaired) electrons. The molecular weight excluding hydrogens is 340 g/mol. The molecule has 1 aliphatic heterocycles. The van der Waals surface area contributed by atoms with E-state index in [1.807, 2.05) is 0 Å². The number of nitrogens with two attached hydrogens (primary N) is 1. The number of carbonyl (C=O) groups is 1. The smallest absolute Gasteiger partial charge is 0.224 e. The Hall–Kier alpha value is -2.35. The van der Waals surface area contributed by atoms with Gasteiger partial charge in [-0.25, -0.2) is 8.78 Å². The largest absolute Gasteiger partial charge is 0.333 e. The molecule has 0 aliphatic carbocycles. The summed E-state index contributed by atoms with van der Waals surface area (Å²) in [4.78, 5) is 14.2. The van der Waals surface area contributed by atoms with Crippen LogP contribution in [0.5, 0.6) is 0 Å². The van der Waals surface area contributed by atoms with Crippen LogP contribution in [0.4, 0.5) is 8.78 Å². The number of aromatic nitrogens is 3. The average molecular weight is 363 g/mol. The van der Waals surface area contributed by atoms with E-state index in [4.69, 9.17) is 5.73 Å². The minimum absolute atomic E-state index is 0.0635. The van der Waals surface area contributed by atoms with E-state index in [0.29, 0.717) is 31.6 Å². The number of amides is 1. The van der Waals surface area contributed by atoms with Crippen molar-refractivity contribution in [1.29, 1.82) is 0 Å². The third kappa shape index (κ3) is 4.07. The molecule has 2 N–H and O–H groups in total. The molecule has 6 nitrogen and oxygen atoms in total. The first-order valence-electron chi connectivity index (χ1n) is 8.86. The second-order valence-corrected chi connectivity index (χ2v) is 6.67. The van der Waals surface area contributed by atoms with Crippen molar-refractivity contribution < 1.29 is 13.6 Å². The number of nitrogens with zero attached hydrogens (tertiary/aromatic N) is 4. The summed E-state index contributed by atoms with van der Waals surface area (Å²) in [6, 6.07) is 3.23. The van der Waals surface area contributed by atoms with Crippen molar-refractivity contribution in [2.75, 3.05) is 6.54 Å². The summed E-state index contributed by atoms with van der Waals surface area (Å²) in [6.07, 6.45) is 2.34. The molecule has 1 aliphatic rings. The van der Waals surface area contributed by atoms with Crippen LogP contribution in [0.25, 0.3) is 0 Å². The molecule has 140 valence electrons. The molecule has 1 amide bonds. The van der Waals surface area contributed by atoms with E-state index in [9.17, 15) is 13.6 Å². The number of carbonyl (C=O) groups excluding carboxylic acids is 1. The Morgan fingerprint density at radius 3 is 2.81 bits per heavy atom. The summed E-state index contributed by atoms with van der Waals surface area (Å²) < 4.78 is 28.3. The minimum Gasteiger partial charge on any atom is -0.333 e. The van der Waals surface area contributed by atoms with Crippen LogP contribution in [-0.4, -0.2) is 38.2 Å². The second-order valence-electron chi connectivity index (χ2n) is 6.67. The maximum Gasteiger partial charge on any atom is 0.224 e. The van der Waals surface area contributed by atoms with Crippen molar-refractivity contribution >= 4 is 5.91 Å². The number of rotatable bonds is 6. The molecule has 0 saturated carbocycles. The highest BCUT2D eigenvalue weighted by molar-refractivity contribution is 5.76. The summed E-state index contributed by atoms with van der Waals surface area (Å²) in [6.45, 7) is 3.79. The Morgan fingerprint density at radius 1 is 1.27 bits per heavy atom. The van der Waals surface area contributed by atoms with Gasteiger partial charge >= 0.3 is 0 Å². The van der Waals surface area contributed by atoms with Crippen LogP contribution in [-0.2, 0) is 30.7 Å². The Labute approximate surface area is 151 Å². The number of halogens is 2. The highest BCUT2D eigenvalue weighted by Gasteiger charge is 2.25. The van der Waals surface area contributed by atoms with Crippen molar-refractivity contribution in [2.24, 2.45) is 5.73 Å². The topological polar surface area (TPSA) is 77.0 Å². The van der Waals surface area contributed by atoms with Crippen molar-refractivity contribution in [1.82, 2.24) is 19.7 Å². The highest BCUT2D eigenvalue weighted by atomic mass is 19.2. The molecule has 0 unspecified atom stereocenters. The molecule has 2 heterocycles. The summed E-state index contributed by atoms with van der Waals surface area (Å²) >= 11 is 0. The molecule has 1 aromatic heterocycles. The molecule has 3 rings (SSSR count). The second kappa shape index (κ2) is 7.90. The van der Waals surface area contributed by atoms with E-state index in [1.165, 1.54) is 6.07 Å². The van der Waals surface area contributed by atoms with Crippen LogP contribution < -0.4 is 5.73 Å². The molecule has 0 fully saturated rings. The molecular formula is C18H23F2N5O. The van der Waals surface area contributed by atoms with Crippen molar-refractivity contribution in [2.45, 2.75) is 51.7 Å². The van der Waals surface area contributed by atoms with Gasteiger partial charge in [0.25, 0.3) is 0 Å². The van der Waals surface area contributed by atoms with Gasteiger partial charge < -0.3 is 15.2 Å². The van der Waals surface area contributed by atoms with Crippen LogP contribution in [0.15, 0.2) is 18.2 Å². The zero-order chi connectivity index (χ0) is 18.7. The fraction of sp³-hybridized carbons (Fsp3) is 0.500. The lowest BCUT2D eigenvalue weighted by Crippen LogP contribution is -2.41. The zero-order valence-corrected chi connectivity index (χ0v) is 14.8. The van der Waals surface area contributed by atoms with Crippen molar-refractivity contribution in [3.05, 3.63) is 47.0 Å². The van der Waals surface area contributed by atoms with Gasteiger partial charge in [0.15, 0.2) is 17.5 Å². The number of benzene rings is 1. The zero-order valence-electron chi connectivity index (χ0n) is 14.8. The van der Waals surface area contributed by atoms with Gasteiger partial charge in [-0.15, -0.1) is 10.2 Å². The predicted molar refractivity (Wildman–Crippen MR) is 92.1 cm³/mol. The van der Waals surface area contributed by atoms with Crippen LogP contribution in [0.1, 0.15) is 37.0 Å². The van der Waals surface area contributed by atoms with E-state index in [2.05, 4.69) is 21.7 Å². The monoisotopic (exact) mass is 363 g/mol. The highest BCUT2D eigenvalue weighted by Crippen LogP contribution is 2.16. The summed E-state index contributed by atoms with van der Waals surface area (Å²) in [5, 5.41) is 8.38. The lowest BCUT2D eigenvalue weighted by Gasteiger charge is -2.28. The predicted octanol–water partition coefficient (Wildman–Crippen LogP) is 1.81. The van der Waals surface area contributed by atoms with Gasteiger partial charge in [-0.2, -0.15) is 0 Å². The summed E-state index contributed by atoms with van der Waals surface area (Å²) in [5.74, 6) is -0.101. The Morgan fingerprint density at radius 2 is 2.08 bits per heavy atom. The third-order valence-electron chi connectivity index (χ3n) is 4.57. The van der Waals surface area contributed by atoms with Crippen LogP contribution in [0.2, 0.25) is 0 Å². The lowest BCUT2D eigenvalue weighted by molar-refractivity contribution is -0.133. The molecule has 1 atom stereocenters. The molecule has 0 bridgehead atoms. The third-order valence-corrected chi connectivity index (χ3v) is 4.57. The average Bonchev–Trinajstić information content (AvgIpc) is 3.01. The molecule has 0 spiro atoms. The first kappa shape index (κ1) is 18.4. The quantitative estimate of drug-likeness (QED) is 0.849. The first-order valence-corrected chi connectivity index (χ1v) is 8.86. The van der Waals surface area contributed by atoms with E-state index < -0.39 is 17.7 Å². The van der Waals surface area contributed by atoms with Gasteiger partial charge in [-0.1, -0.05) is 13.0 Å². The van der Waals surface area contributed by atoms with Gasteiger partial charge in [0, 0.05) is 32.0 Å². The van der Waals surface area contributed by atoms with E-state index >= 15 is 0 Å². The standard InChI is InChI=1S/C18H23F2N5O/c1-2-3-16-22-23-17-11-24(6-7-25(16)17)18(26)10-13(21)8-12-4-5-14(19)15(20)9-12/h4-5,9,13H,2-3,6-8,10-11,21H2,1H3/t13-/m1/s1. The number of aryl methyl sites for hydroxylation is 1. The Kier molecular flexibility index (Phi) is 5.61. The maximum atomic E-state index is 13.3. The number of hydrogen-bond donors (Lipinski definition) is 1. The molecule has 26 heavy (non-hydrogen) atoms. The fourth-order valence-corrected chi connectivity index (χ4v) is 3.23. The molecule has 1 aromatic carbocycles. The van der Waals surface area contributed by atoms with Crippen LogP contribution in [0, 0.1) is 11.6 Å². The molecule has 8 heteroatoms. The first-order chi connectivity index (χ1) is 12.5. The van der Waals surface area contributed by atoms with E-state index in [1.54, 1.807) is 4.90 Å². The van der Waals surface area contributed by atoms with E-state index in [-0.39, 0.29) is 12.3 Å². The Bertz CT molecular complexity index is 792. The molecule has 2 aromatic rings. The lowest BCUT2D eigenvalue weighted by atomic mass is 10.0.